The van der Waals surface area contributed by atoms with E-state index in [-0.39, 0.29) is 11.5 Å². The highest BCUT2D eigenvalue weighted by atomic mass is 32.2. The summed E-state index contributed by atoms with van der Waals surface area (Å²) in [6.45, 7) is 8.26. The van der Waals surface area contributed by atoms with E-state index in [1.54, 1.807) is 12.1 Å². The lowest BCUT2D eigenvalue weighted by atomic mass is 10.1. The van der Waals surface area contributed by atoms with Crippen molar-refractivity contribution in [1.29, 1.82) is 0 Å². The summed E-state index contributed by atoms with van der Waals surface area (Å²) in [5.74, 6) is 1.25. The molecule has 0 saturated carbocycles. The first-order valence-corrected chi connectivity index (χ1v) is 13.4. The van der Waals surface area contributed by atoms with Crippen molar-refractivity contribution in [3.8, 4) is 0 Å². The van der Waals surface area contributed by atoms with Crippen molar-refractivity contribution >= 4 is 10.1 Å². The van der Waals surface area contributed by atoms with Crippen LogP contribution in [0.1, 0.15) is 82.5 Å². The van der Waals surface area contributed by atoms with Gasteiger partial charge in [-0.1, -0.05) is 76.0 Å². The minimum atomic E-state index is -4.27. The van der Waals surface area contributed by atoms with E-state index in [1.165, 1.54) is 82.2 Å². The molecule has 0 fully saturated rings. The molecule has 7 heteroatoms. The first-order chi connectivity index (χ1) is 15.3. The maximum atomic E-state index is 10.4. The molecule has 0 spiro atoms. The van der Waals surface area contributed by atoms with Crippen LogP contribution in [0.15, 0.2) is 41.6 Å². The molecule has 0 aliphatic carbocycles. The van der Waals surface area contributed by atoms with Gasteiger partial charge in [-0.25, -0.2) is 17.6 Å². The summed E-state index contributed by atoms with van der Waals surface area (Å²) >= 11 is 0. The van der Waals surface area contributed by atoms with Crippen LogP contribution in [0.5, 0.6) is 0 Å². The molecule has 2 aromatic rings. The van der Waals surface area contributed by atoms with Gasteiger partial charge >= 0.3 is 0 Å². The average molecular weight is 467 g/mol. The Bertz CT molecular complexity index is 845. The number of aryl methyl sites for hydroxylation is 2. The van der Waals surface area contributed by atoms with Crippen LogP contribution >= 0.6 is 0 Å². The van der Waals surface area contributed by atoms with Crippen molar-refractivity contribution in [2.75, 3.05) is 6.61 Å². The lowest BCUT2D eigenvalue weighted by Gasteiger charge is -2.05. The number of rotatable bonds is 14. The van der Waals surface area contributed by atoms with Crippen LogP contribution < -0.4 is 4.57 Å². The summed E-state index contributed by atoms with van der Waals surface area (Å²) in [4.78, 5) is -0.178. The molecule has 2 rings (SSSR count). The zero-order valence-corrected chi connectivity index (χ0v) is 20.9. The first kappa shape index (κ1) is 28.3. The minimum Gasteiger partial charge on any atom is -0.744 e. The number of aliphatic hydroxyl groups is 1. The molecule has 1 N–H and O–H groups in total. The standard InChI is InChI=1S/C18H35N2O.C7H8O3S/c1-3-4-5-6-7-8-9-10-11-12-13-19-14-15-20(16-17-21)18(19)2;1-6-2-4-7(5-3-6)11(8,9)10/h14-15,21H,3-13,16-17H2,1-2H3;2-5H,1H3,(H,8,9,10)/q+1;/p-1. The maximum absolute atomic E-state index is 10.4. The molecule has 6 nitrogen and oxygen atoms in total. The van der Waals surface area contributed by atoms with Crippen LogP contribution in [0.2, 0.25) is 0 Å². The Kier molecular flexibility index (Phi) is 14.2. The summed E-state index contributed by atoms with van der Waals surface area (Å²) in [5.41, 5.74) is 0.928. The number of hydrogen-bond donors (Lipinski definition) is 1. The van der Waals surface area contributed by atoms with E-state index < -0.39 is 10.1 Å². The predicted octanol–water partition coefficient (Wildman–Crippen LogP) is 4.90. The van der Waals surface area contributed by atoms with E-state index in [2.05, 4.69) is 35.4 Å². The lowest BCUT2D eigenvalue weighted by Crippen LogP contribution is -2.35. The number of aliphatic hydroxyl groups excluding tert-OH is 1. The van der Waals surface area contributed by atoms with E-state index >= 15 is 0 Å². The molecular weight excluding hydrogens is 424 g/mol. The average Bonchev–Trinajstić information content (AvgIpc) is 3.09. The second-order valence-electron chi connectivity index (χ2n) is 8.40. The topological polar surface area (TPSA) is 86.2 Å². The molecule has 1 aromatic carbocycles. The monoisotopic (exact) mass is 466 g/mol. The third kappa shape index (κ3) is 11.8. The number of benzene rings is 1. The van der Waals surface area contributed by atoms with Gasteiger partial charge in [-0.2, -0.15) is 0 Å². The normalized spacial score (nSPS) is 11.3. The van der Waals surface area contributed by atoms with Crippen molar-refractivity contribution in [2.45, 2.75) is 103 Å². The van der Waals surface area contributed by atoms with Gasteiger partial charge in [0.25, 0.3) is 5.82 Å². The van der Waals surface area contributed by atoms with Crippen LogP contribution in [0.3, 0.4) is 0 Å². The van der Waals surface area contributed by atoms with Crippen LogP contribution in [-0.4, -0.2) is 29.3 Å². The molecule has 0 atom stereocenters. The van der Waals surface area contributed by atoms with Crippen molar-refractivity contribution < 1.29 is 22.6 Å². The summed E-state index contributed by atoms with van der Waals surface area (Å²) in [6.07, 6.45) is 18.1. The number of hydrogen-bond acceptors (Lipinski definition) is 4. The van der Waals surface area contributed by atoms with E-state index in [0.717, 1.165) is 12.1 Å². The Labute approximate surface area is 195 Å². The van der Waals surface area contributed by atoms with Crippen LogP contribution in [0.25, 0.3) is 0 Å². The third-order valence-corrected chi connectivity index (χ3v) is 6.51. The molecule has 182 valence electrons. The second-order valence-corrected chi connectivity index (χ2v) is 9.78. The number of aromatic nitrogens is 2. The zero-order chi connectivity index (χ0) is 23.8. The quantitative estimate of drug-likeness (QED) is 0.244. The van der Waals surface area contributed by atoms with Gasteiger partial charge in [-0.05, 0) is 31.9 Å². The van der Waals surface area contributed by atoms with Gasteiger partial charge in [0.05, 0.1) is 18.0 Å². The highest BCUT2D eigenvalue weighted by molar-refractivity contribution is 7.85. The van der Waals surface area contributed by atoms with Gasteiger partial charge in [-0.3, -0.25) is 0 Å². The summed E-state index contributed by atoms with van der Waals surface area (Å²) in [6, 6.07) is 5.78. The molecule has 0 aliphatic heterocycles. The zero-order valence-electron chi connectivity index (χ0n) is 20.1. The summed E-state index contributed by atoms with van der Waals surface area (Å²) in [5, 5.41) is 8.99. The molecular formula is C25H42N2O4S. The Morgan fingerprint density at radius 1 is 0.906 bits per heavy atom. The van der Waals surface area contributed by atoms with Gasteiger partial charge in [0.15, 0.2) is 0 Å². The predicted molar refractivity (Wildman–Crippen MR) is 127 cm³/mol. The fraction of sp³-hybridized carbons (Fsp3) is 0.640. The summed E-state index contributed by atoms with van der Waals surface area (Å²) < 4.78 is 35.6. The Morgan fingerprint density at radius 2 is 1.44 bits per heavy atom. The molecule has 0 amide bonds. The van der Waals surface area contributed by atoms with Crippen molar-refractivity contribution in [1.82, 2.24) is 4.57 Å². The Hall–Kier alpha value is -1.70. The van der Waals surface area contributed by atoms with Crippen LogP contribution in [0, 0.1) is 13.8 Å². The molecule has 1 aromatic heterocycles. The number of nitrogens with zero attached hydrogens (tertiary/aromatic N) is 2. The van der Waals surface area contributed by atoms with Crippen molar-refractivity contribution in [3.63, 3.8) is 0 Å². The van der Waals surface area contributed by atoms with Gasteiger partial charge < -0.3 is 9.66 Å². The van der Waals surface area contributed by atoms with Crippen molar-refractivity contribution in [3.05, 3.63) is 48.0 Å². The largest absolute Gasteiger partial charge is 0.744 e. The van der Waals surface area contributed by atoms with E-state index in [9.17, 15) is 13.0 Å². The first-order valence-electron chi connectivity index (χ1n) is 12.0. The molecule has 0 saturated heterocycles. The Morgan fingerprint density at radius 3 is 1.94 bits per heavy atom. The van der Waals surface area contributed by atoms with Crippen molar-refractivity contribution in [2.24, 2.45) is 0 Å². The fourth-order valence-electron chi connectivity index (χ4n) is 3.60. The maximum Gasteiger partial charge on any atom is 0.253 e. The molecule has 32 heavy (non-hydrogen) atoms. The highest BCUT2D eigenvalue weighted by Crippen LogP contribution is 2.11. The highest BCUT2D eigenvalue weighted by Gasteiger charge is 2.10. The molecule has 0 aliphatic rings. The van der Waals surface area contributed by atoms with Gasteiger partial charge in [0.2, 0.25) is 0 Å². The smallest absolute Gasteiger partial charge is 0.253 e. The molecule has 0 radical (unpaired) electrons. The third-order valence-electron chi connectivity index (χ3n) is 5.66. The fourth-order valence-corrected chi connectivity index (χ4v) is 4.07. The molecule has 0 bridgehead atoms. The van der Waals surface area contributed by atoms with E-state index in [4.69, 9.17) is 5.11 Å². The second kappa shape index (κ2) is 16.0. The molecule has 1 heterocycles. The number of unbranched alkanes of at least 4 members (excludes halogenated alkanes) is 9. The number of imidazole rings is 1. The molecule has 0 unspecified atom stereocenters. The van der Waals surface area contributed by atoms with Crippen LogP contribution in [-0.2, 0) is 23.2 Å². The van der Waals surface area contributed by atoms with Gasteiger partial charge in [0, 0.05) is 6.92 Å². The minimum absolute atomic E-state index is 0.178. The lowest BCUT2D eigenvalue weighted by molar-refractivity contribution is -0.702. The van der Waals surface area contributed by atoms with E-state index in [1.807, 2.05) is 6.92 Å². The van der Waals surface area contributed by atoms with Crippen LogP contribution in [0.4, 0.5) is 0 Å². The SMILES string of the molecule is CCCCCCCCCCCC[n+]1ccn(CCO)c1C.Cc1ccc(S(=O)(=O)[O-])cc1. The van der Waals surface area contributed by atoms with Gasteiger partial charge in [0.1, 0.15) is 29.1 Å². The Balaban J connectivity index is 0.000000389. The van der Waals surface area contributed by atoms with Gasteiger partial charge in [-0.15, -0.1) is 0 Å². The van der Waals surface area contributed by atoms with E-state index in [0.29, 0.717) is 6.54 Å². The summed E-state index contributed by atoms with van der Waals surface area (Å²) in [7, 11) is -4.27.